The summed E-state index contributed by atoms with van der Waals surface area (Å²) in [5, 5.41) is 0. The molecule has 0 N–H and O–H groups in total. The van der Waals surface area contributed by atoms with Crippen molar-refractivity contribution < 1.29 is 22.6 Å². The van der Waals surface area contributed by atoms with Gasteiger partial charge in [0.15, 0.2) is 5.69 Å². The lowest BCUT2D eigenvalue weighted by atomic mass is 10.2. The fourth-order valence-electron chi connectivity index (χ4n) is 2.99. The highest BCUT2D eigenvalue weighted by Gasteiger charge is 2.35. The van der Waals surface area contributed by atoms with Crippen LogP contribution in [0.3, 0.4) is 0 Å². The van der Waals surface area contributed by atoms with Gasteiger partial charge in [0.05, 0.1) is 7.11 Å². The van der Waals surface area contributed by atoms with E-state index in [1.165, 1.54) is 17.9 Å². The zero-order valence-electron chi connectivity index (χ0n) is 16.5. The van der Waals surface area contributed by atoms with E-state index in [0.717, 1.165) is 11.8 Å². The minimum Gasteiger partial charge on any atom is -0.489 e. The van der Waals surface area contributed by atoms with Crippen molar-refractivity contribution in [3.8, 4) is 28.7 Å². The molecule has 158 valence electrons. The number of imidazole rings is 1. The number of pyridine rings is 1. The Balaban J connectivity index is 1.63. The molecular formula is C23H18F3N3O2. The second-order valence-electron chi connectivity index (χ2n) is 6.67. The first-order valence-corrected chi connectivity index (χ1v) is 9.38. The zero-order valence-corrected chi connectivity index (χ0v) is 16.5. The first-order valence-electron chi connectivity index (χ1n) is 9.38. The monoisotopic (exact) mass is 425 g/mol. The van der Waals surface area contributed by atoms with E-state index < -0.39 is 11.9 Å². The summed E-state index contributed by atoms with van der Waals surface area (Å²) in [6.07, 6.45) is -2.17. The largest absolute Gasteiger partial charge is 0.489 e. The molecule has 0 saturated carbocycles. The van der Waals surface area contributed by atoms with Gasteiger partial charge in [-0.15, -0.1) is 0 Å². The van der Waals surface area contributed by atoms with Gasteiger partial charge in [-0.1, -0.05) is 30.3 Å². The van der Waals surface area contributed by atoms with Gasteiger partial charge in [-0.05, 0) is 35.9 Å². The molecule has 8 heteroatoms. The van der Waals surface area contributed by atoms with Gasteiger partial charge in [-0.25, -0.2) is 9.97 Å². The van der Waals surface area contributed by atoms with Crippen LogP contribution in [0.2, 0.25) is 0 Å². The number of aromatic nitrogens is 3. The smallest absolute Gasteiger partial charge is 0.434 e. The van der Waals surface area contributed by atoms with Crippen LogP contribution in [0.15, 0.2) is 79.1 Å². The number of halogens is 3. The van der Waals surface area contributed by atoms with Gasteiger partial charge in [0, 0.05) is 29.7 Å². The quantitative estimate of drug-likeness (QED) is 0.407. The van der Waals surface area contributed by atoms with Crippen molar-refractivity contribution in [2.75, 3.05) is 7.11 Å². The second kappa shape index (κ2) is 8.51. The Morgan fingerprint density at radius 1 is 0.935 bits per heavy atom. The second-order valence-corrected chi connectivity index (χ2v) is 6.67. The molecule has 0 saturated heterocycles. The van der Waals surface area contributed by atoms with Crippen LogP contribution in [0, 0.1) is 0 Å². The SMILES string of the molecule is COc1ccc(-c2nc(C(F)(F)F)cn2-c2ccc(OCc3ccccc3)cc2)cn1. The van der Waals surface area contributed by atoms with E-state index >= 15 is 0 Å². The summed E-state index contributed by atoms with van der Waals surface area (Å²) in [6.45, 7) is 0.395. The van der Waals surface area contributed by atoms with E-state index in [1.807, 2.05) is 30.3 Å². The highest BCUT2D eigenvalue weighted by Crippen LogP contribution is 2.33. The van der Waals surface area contributed by atoms with Crippen molar-refractivity contribution in [2.24, 2.45) is 0 Å². The summed E-state index contributed by atoms with van der Waals surface area (Å²) >= 11 is 0. The number of nitrogens with zero attached hydrogens (tertiary/aromatic N) is 3. The molecule has 4 rings (SSSR count). The van der Waals surface area contributed by atoms with E-state index in [-0.39, 0.29) is 5.82 Å². The van der Waals surface area contributed by atoms with Crippen LogP contribution in [-0.4, -0.2) is 21.6 Å². The minimum absolute atomic E-state index is 0.125. The van der Waals surface area contributed by atoms with Crippen LogP contribution < -0.4 is 9.47 Å². The Kier molecular flexibility index (Phi) is 5.62. The molecule has 0 radical (unpaired) electrons. The molecule has 0 aliphatic carbocycles. The molecule has 0 fully saturated rings. The zero-order chi connectivity index (χ0) is 21.8. The maximum atomic E-state index is 13.3. The van der Waals surface area contributed by atoms with E-state index in [0.29, 0.717) is 29.5 Å². The number of ether oxygens (including phenoxy) is 2. The fourth-order valence-corrected chi connectivity index (χ4v) is 2.99. The molecule has 0 aliphatic heterocycles. The highest BCUT2D eigenvalue weighted by molar-refractivity contribution is 5.59. The van der Waals surface area contributed by atoms with Crippen molar-refractivity contribution in [1.29, 1.82) is 0 Å². The van der Waals surface area contributed by atoms with Crippen molar-refractivity contribution >= 4 is 0 Å². The van der Waals surface area contributed by atoms with Crippen LogP contribution in [-0.2, 0) is 12.8 Å². The summed E-state index contributed by atoms with van der Waals surface area (Å²) in [4.78, 5) is 7.88. The predicted molar refractivity (Wildman–Crippen MR) is 109 cm³/mol. The molecule has 2 heterocycles. The third kappa shape index (κ3) is 4.69. The highest BCUT2D eigenvalue weighted by atomic mass is 19.4. The summed E-state index contributed by atoms with van der Waals surface area (Å²) < 4.78 is 52.1. The average molecular weight is 425 g/mol. The lowest BCUT2D eigenvalue weighted by Crippen LogP contribution is -2.05. The van der Waals surface area contributed by atoms with Crippen molar-refractivity contribution in [1.82, 2.24) is 14.5 Å². The van der Waals surface area contributed by atoms with Crippen LogP contribution in [0.4, 0.5) is 13.2 Å². The molecule has 0 aliphatic rings. The van der Waals surface area contributed by atoms with E-state index in [4.69, 9.17) is 9.47 Å². The Morgan fingerprint density at radius 3 is 2.29 bits per heavy atom. The fraction of sp³-hybridized carbons (Fsp3) is 0.130. The summed E-state index contributed by atoms with van der Waals surface area (Å²) in [5.74, 6) is 1.09. The minimum atomic E-state index is -4.57. The average Bonchev–Trinajstić information content (AvgIpc) is 3.25. The maximum Gasteiger partial charge on any atom is 0.434 e. The van der Waals surface area contributed by atoms with Crippen molar-refractivity contribution in [3.05, 3.63) is 90.4 Å². The van der Waals surface area contributed by atoms with Gasteiger partial charge in [0.1, 0.15) is 18.2 Å². The van der Waals surface area contributed by atoms with E-state index in [2.05, 4.69) is 9.97 Å². The third-order valence-corrected chi connectivity index (χ3v) is 4.56. The molecular weight excluding hydrogens is 407 g/mol. The summed E-state index contributed by atoms with van der Waals surface area (Å²) in [7, 11) is 1.46. The number of alkyl halides is 3. The Morgan fingerprint density at radius 2 is 1.68 bits per heavy atom. The first-order chi connectivity index (χ1) is 14.9. The summed E-state index contributed by atoms with van der Waals surface area (Å²) in [6, 6.07) is 19.7. The lowest BCUT2D eigenvalue weighted by Gasteiger charge is -2.10. The van der Waals surface area contributed by atoms with Gasteiger partial charge >= 0.3 is 6.18 Å². The Labute approximate surface area is 176 Å². The van der Waals surface area contributed by atoms with Gasteiger partial charge < -0.3 is 9.47 Å². The number of rotatable bonds is 6. The van der Waals surface area contributed by atoms with Crippen LogP contribution >= 0.6 is 0 Å². The topological polar surface area (TPSA) is 49.2 Å². The van der Waals surface area contributed by atoms with E-state index in [1.54, 1.807) is 36.4 Å². The Hall–Kier alpha value is -3.81. The molecule has 2 aromatic heterocycles. The number of methoxy groups -OCH3 is 1. The lowest BCUT2D eigenvalue weighted by molar-refractivity contribution is -0.140. The van der Waals surface area contributed by atoms with Gasteiger partial charge in [0.2, 0.25) is 5.88 Å². The van der Waals surface area contributed by atoms with Gasteiger partial charge in [0.25, 0.3) is 0 Å². The first kappa shape index (κ1) is 20.5. The number of benzene rings is 2. The normalized spacial score (nSPS) is 11.4. The van der Waals surface area contributed by atoms with Crippen LogP contribution in [0.25, 0.3) is 17.1 Å². The standard InChI is InChI=1S/C23H18F3N3O2/c1-30-21-12-7-17(13-27-21)22-28-20(23(24,25)26)14-29(22)18-8-10-19(11-9-18)31-15-16-5-3-2-4-6-16/h2-14H,15H2,1H3. The molecule has 0 bridgehead atoms. The molecule has 0 amide bonds. The molecule has 4 aromatic rings. The molecule has 5 nitrogen and oxygen atoms in total. The molecule has 0 spiro atoms. The van der Waals surface area contributed by atoms with E-state index in [9.17, 15) is 13.2 Å². The predicted octanol–water partition coefficient (Wildman–Crippen LogP) is 5.54. The van der Waals surface area contributed by atoms with Crippen molar-refractivity contribution in [3.63, 3.8) is 0 Å². The molecule has 0 unspecified atom stereocenters. The third-order valence-electron chi connectivity index (χ3n) is 4.56. The van der Waals surface area contributed by atoms with Crippen molar-refractivity contribution in [2.45, 2.75) is 12.8 Å². The molecule has 0 atom stereocenters. The number of hydrogen-bond acceptors (Lipinski definition) is 4. The van der Waals surface area contributed by atoms with Crippen LogP contribution in [0.5, 0.6) is 11.6 Å². The maximum absolute atomic E-state index is 13.3. The molecule has 2 aromatic carbocycles. The Bertz CT molecular complexity index is 1140. The molecule has 31 heavy (non-hydrogen) atoms. The van der Waals surface area contributed by atoms with Gasteiger partial charge in [-0.2, -0.15) is 13.2 Å². The summed E-state index contributed by atoms with van der Waals surface area (Å²) in [5.41, 5.74) is 0.981. The number of hydrogen-bond donors (Lipinski definition) is 0. The van der Waals surface area contributed by atoms with Crippen LogP contribution in [0.1, 0.15) is 11.3 Å². The van der Waals surface area contributed by atoms with Gasteiger partial charge in [-0.3, -0.25) is 4.57 Å².